The molecule has 0 aliphatic carbocycles. The predicted octanol–water partition coefficient (Wildman–Crippen LogP) is 3.58. The molecule has 0 bridgehead atoms. The van der Waals surface area contributed by atoms with E-state index in [1.807, 2.05) is 0 Å². The molecule has 0 aliphatic heterocycles. The average molecular weight is 257 g/mol. The van der Waals surface area contributed by atoms with Gasteiger partial charge in [-0.1, -0.05) is 0 Å². The Morgan fingerprint density at radius 3 is 1.64 bits per heavy atom. The topological polar surface area (TPSA) is 0 Å². The summed E-state index contributed by atoms with van der Waals surface area (Å²) in [6, 6.07) is 0. The molecule has 0 spiro atoms. The van der Waals surface area contributed by atoms with E-state index in [1.54, 1.807) is 0 Å². The second kappa shape index (κ2) is 7.85. The molecule has 0 aliphatic rings. The Bertz CT molecular complexity index is 78.2. The van der Waals surface area contributed by atoms with Gasteiger partial charge < -0.3 is 0 Å². The number of hydrogen-bond donors (Lipinski definition) is 0. The van der Waals surface area contributed by atoms with Crippen LogP contribution in [0.3, 0.4) is 0 Å². The summed E-state index contributed by atoms with van der Waals surface area (Å²) in [5.74, 6) is 0. The van der Waals surface area contributed by atoms with Gasteiger partial charge in [-0.15, -0.1) is 0 Å². The third-order valence-electron chi connectivity index (χ3n) is 1.56. The van der Waals surface area contributed by atoms with Crippen LogP contribution >= 0.6 is 20.4 Å². The van der Waals surface area contributed by atoms with Crippen LogP contribution in [0.25, 0.3) is 0 Å². The number of hydrogen-bond acceptors (Lipinski definition) is 2. The summed E-state index contributed by atoms with van der Waals surface area (Å²) >= 11 is 0.755. The molecule has 68 valence electrons. The maximum atomic E-state index is 2.32. The van der Waals surface area contributed by atoms with E-state index in [0.29, 0.717) is 0 Å². The van der Waals surface area contributed by atoms with E-state index in [4.69, 9.17) is 0 Å². The van der Waals surface area contributed by atoms with E-state index < -0.39 is 0 Å². The van der Waals surface area contributed by atoms with Crippen molar-refractivity contribution in [3.05, 3.63) is 0 Å². The Labute approximate surface area is 84.0 Å². The molecule has 2 atom stereocenters. The van der Waals surface area contributed by atoms with Gasteiger partial charge >= 0.3 is 84.1 Å². The summed E-state index contributed by atoms with van der Waals surface area (Å²) in [6.45, 7) is 9.18. The van der Waals surface area contributed by atoms with E-state index in [2.05, 4.69) is 48.1 Å². The molecular formula is C8H18S2Se. The van der Waals surface area contributed by atoms with Gasteiger partial charge in [-0.25, -0.2) is 0 Å². The van der Waals surface area contributed by atoms with E-state index in [0.717, 1.165) is 23.2 Å². The molecule has 0 rings (SSSR count). The summed E-state index contributed by atoms with van der Waals surface area (Å²) in [5, 5.41) is 1.73. The van der Waals surface area contributed by atoms with Gasteiger partial charge in [0.25, 0.3) is 0 Å². The Morgan fingerprint density at radius 1 is 1.00 bits per heavy atom. The minimum absolute atomic E-state index is 0.755. The monoisotopic (exact) mass is 258 g/mol. The normalized spacial score (nSPS) is 16.4. The van der Waals surface area contributed by atoms with Gasteiger partial charge in [-0.05, 0) is 0 Å². The first kappa shape index (κ1) is 12.2. The molecule has 0 heterocycles. The first-order chi connectivity index (χ1) is 5.20. The molecule has 0 fully saturated rings. The van der Waals surface area contributed by atoms with E-state index in [-0.39, 0.29) is 0 Å². The molecule has 0 aromatic carbocycles. The summed E-state index contributed by atoms with van der Waals surface area (Å²) in [7, 11) is 4.29. The van der Waals surface area contributed by atoms with Crippen LogP contribution in [0.4, 0.5) is 0 Å². The van der Waals surface area contributed by atoms with Crippen molar-refractivity contribution >= 4 is 33.1 Å². The third kappa shape index (κ3) is 7.58. The molecule has 0 aromatic rings. The minimum atomic E-state index is 0.755. The molecule has 11 heavy (non-hydrogen) atoms. The average Bonchev–Trinajstić information content (AvgIpc) is 2.04. The molecular weight excluding hydrogens is 239 g/mol. The van der Waals surface area contributed by atoms with Crippen LogP contribution in [0, 0.1) is 0 Å². The van der Waals surface area contributed by atoms with Gasteiger partial charge in [0, 0.05) is 0 Å². The molecule has 0 saturated carbocycles. The van der Waals surface area contributed by atoms with Gasteiger partial charge in [-0.2, -0.15) is 0 Å². The predicted molar refractivity (Wildman–Crippen MR) is 60.4 cm³/mol. The van der Waals surface area contributed by atoms with Gasteiger partial charge in [0.15, 0.2) is 0 Å². The number of rotatable bonds is 6. The Kier molecular flexibility index (Phi) is 8.72. The summed E-state index contributed by atoms with van der Waals surface area (Å²) in [4.78, 5) is 0. The standard InChI is InChI=1S/C8H18S2Se/c1-5-7(3)9-11-10-8(4)6-2/h7-8H,5-6H2,1-4H3. The van der Waals surface area contributed by atoms with Crippen molar-refractivity contribution in [1.29, 1.82) is 0 Å². The van der Waals surface area contributed by atoms with Gasteiger partial charge in [0.05, 0.1) is 0 Å². The second-order valence-electron chi connectivity index (χ2n) is 2.70. The molecule has 0 amide bonds. The molecule has 0 radical (unpaired) electrons. The second-order valence-corrected chi connectivity index (χ2v) is 10.2. The molecule has 3 heteroatoms. The van der Waals surface area contributed by atoms with E-state index in [1.165, 1.54) is 12.8 Å². The van der Waals surface area contributed by atoms with Crippen LogP contribution in [0.15, 0.2) is 0 Å². The Hall–Kier alpha value is 1.22. The third-order valence-corrected chi connectivity index (χ3v) is 10.6. The quantitative estimate of drug-likeness (QED) is 0.667. The fourth-order valence-electron chi connectivity index (χ4n) is 0.293. The van der Waals surface area contributed by atoms with Crippen LogP contribution in [0.1, 0.15) is 40.5 Å². The Morgan fingerprint density at radius 2 is 1.36 bits per heavy atom. The SMILES string of the molecule is CCC(C)S[Se]SC(C)CC. The van der Waals surface area contributed by atoms with Crippen LogP contribution in [0.2, 0.25) is 0 Å². The fourth-order valence-corrected chi connectivity index (χ4v) is 9.45. The van der Waals surface area contributed by atoms with Crippen LogP contribution < -0.4 is 0 Å². The molecule has 0 N–H and O–H groups in total. The van der Waals surface area contributed by atoms with Gasteiger partial charge in [0.2, 0.25) is 0 Å². The van der Waals surface area contributed by atoms with Crippen molar-refractivity contribution in [3.8, 4) is 0 Å². The van der Waals surface area contributed by atoms with Gasteiger partial charge in [-0.3, -0.25) is 0 Å². The maximum absolute atomic E-state index is 2.32. The first-order valence-electron chi connectivity index (χ1n) is 4.19. The van der Waals surface area contributed by atoms with Crippen molar-refractivity contribution in [2.75, 3.05) is 0 Å². The zero-order valence-corrected chi connectivity index (χ0v) is 11.1. The van der Waals surface area contributed by atoms with Crippen molar-refractivity contribution in [2.45, 2.75) is 51.0 Å². The van der Waals surface area contributed by atoms with Crippen molar-refractivity contribution in [1.82, 2.24) is 0 Å². The Balaban J connectivity index is 3.13. The zero-order chi connectivity index (χ0) is 8.69. The summed E-state index contributed by atoms with van der Waals surface area (Å²) < 4.78 is 0. The van der Waals surface area contributed by atoms with E-state index >= 15 is 0 Å². The first-order valence-corrected chi connectivity index (χ1v) is 10.00. The van der Waals surface area contributed by atoms with E-state index in [9.17, 15) is 0 Å². The van der Waals surface area contributed by atoms with Crippen LogP contribution in [-0.4, -0.2) is 23.2 Å². The zero-order valence-electron chi connectivity index (χ0n) is 7.79. The van der Waals surface area contributed by atoms with Gasteiger partial charge in [0.1, 0.15) is 0 Å². The van der Waals surface area contributed by atoms with Crippen molar-refractivity contribution < 1.29 is 0 Å². The molecule has 0 aromatic heterocycles. The van der Waals surface area contributed by atoms with Crippen LogP contribution in [-0.2, 0) is 0 Å². The summed E-state index contributed by atoms with van der Waals surface area (Å²) in [6.07, 6.45) is 2.63. The van der Waals surface area contributed by atoms with Crippen LogP contribution in [0.5, 0.6) is 0 Å². The summed E-state index contributed by atoms with van der Waals surface area (Å²) in [5.41, 5.74) is 0. The van der Waals surface area contributed by atoms with Crippen molar-refractivity contribution in [2.24, 2.45) is 0 Å². The fraction of sp³-hybridized carbons (Fsp3) is 1.00. The van der Waals surface area contributed by atoms with Crippen molar-refractivity contribution in [3.63, 3.8) is 0 Å². The molecule has 0 saturated heterocycles. The molecule has 2 unspecified atom stereocenters. The molecule has 0 nitrogen and oxygen atoms in total.